The lowest BCUT2D eigenvalue weighted by Crippen LogP contribution is -2.35. The molecule has 138 valence electrons. The topological polar surface area (TPSA) is 43.3 Å². The number of carbonyl (C=O) groups excluding carboxylic acids is 1. The van der Waals surface area contributed by atoms with Crippen LogP contribution >= 0.6 is 11.6 Å². The Hall–Kier alpha value is -2.72. The van der Waals surface area contributed by atoms with Crippen LogP contribution in [0.25, 0.3) is 10.9 Å². The Bertz CT molecular complexity index is 1060. The summed E-state index contributed by atoms with van der Waals surface area (Å²) in [4.78, 5) is 13.3. The Kier molecular flexibility index (Phi) is 4.23. The van der Waals surface area contributed by atoms with Crippen LogP contribution in [-0.4, -0.2) is 15.9 Å². The molecule has 1 aromatic heterocycles. The highest BCUT2D eigenvalue weighted by atomic mass is 35.5. The van der Waals surface area contributed by atoms with Gasteiger partial charge in [-0.05, 0) is 56.5 Å². The van der Waals surface area contributed by atoms with Crippen LogP contribution in [0.1, 0.15) is 37.4 Å². The second-order valence-electron chi connectivity index (χ2n) is 7.72. The van der Waals surface area contributed by atoms with Crippen molar-refractivity contribution in [2.75, 3.05) is 0 Å². The molecular formula is C22H21ClN2O2. The Labute approximate surface area is 163 Å². The molecular weight excluding hydrogens is 360 g/mol. The molecule has 1 N–H and O–H groups in total. The first kappa shape index (κ1) is 17.7. The minimum Gasteiger partial charge on any atom is -0.465 e. The van der Waals surface area contributed by atoms with Crippen LogP contribution in [0.15, 0.2) is 66.5 Å². The van der Waals surface area contributed by atoms with Crippen molar-refractivity contribution in [3.8, 4) is 5.75 Å². The first-order valence-electron chi connectivity index (χ1n) is 8.88. The first-order chi connectivity index (χ1) is 12.8. The van der Waals surface area contributed by atoms with Gasteiger partial charge in [0.25, 0.3) is 0 Å². The molecule has 0 saturated carbocycles. The molecule has 1 atom stereocenters. The summed E-state index contributed by atoms with van der Waals surface area (Å²) in [5.74, 6) is 0.457. The van der Waals surface area contributed by atoms with E-state index in [-0.39, 0.29) is 11.3 Å². The molecule has 5 heteroatoms. The van der Waals surface area contributed by atoms with Crippen LogP contribution in [0.5, 0.6) is 5.75 Å². The number of ketones is 1. The predicted molar refractivity (Wildman–Crippen MR) is 108 cm³/mol. The number of para-hydroxylation sites is 1. The first-order valence-corrected chi connectivity index (χ1v) is 9.25. The van der Waals surface area contributed by atoms with Gasteiger partial charge in [0.2, 0.25) is 6.23 Å². The fourth-order valence-corrected chi connectivity index (χ4v) is 3.35. The lowest BCUT2D eigenvalue weighted by Gasteiger charge is -2.30. The van der Waals surface area contributed by atoms with E-state index in [0.717, 1.165) is 10.9 Å². The van der Waals surface area contributed by atoms with Gasteiger partial charge in [-0.3, -0.25) is 4.79 Å². The van der Waals surface area contributed by atoms with Gasteiger partial charge in [0.05, 0.1) is 16.7 Å². The highest BCUT2D eigenvalue weighted by molar-refractivity contribution is 6.31. The average Bonchev–Trinajstić information content (AvgIpc) is 3.04. The predicted octanol–water partition coefficient (Wildman–Crippen LogP) is 5.34. The van der Waals surface area contributed by atoms with Gasteiger partial charge in [0, 0.05) is 23.0 Å². The average molecular weight is 381 g/mol. The van der Waals surface area contributed by atoms with Crippen molar-refractivity contribution in [2.24, 2.45) is 0 Å². The molecule has 1 aliphatic rings. The number of rotatable bonds is 2. The summed E-state index contributed by atoms with van der Waals surface area (Å²) < 4.78 is 8.25. The summed E-state index contributed by atoms with van der Waals surface area (Å²) in [6.07, 6.45) is 3.17. The third-order valence-electron chi connectivity index (χ3n) is 4.50. The maximum absolute atomic E-state index is 13.3. The second kappa shape index (κ2) is 6.46. The molecule has 0 fully saturated rings. The van der Waals surface area contributed by atoms with E-state index >= 15 is 0 Å². The van der Waals surface area contributed by atoms with E-state index in [1.54, 1.807) is 24.4 Å². The number of Topliss-reactive ketones (excluding diaryl/α,β-unsaturated/α-hetero) is 1. The Morgan fingerprint density at radius 2 is 1.93 bits per heavy atom. The summed E-state index contributed by atoms with van der Waals surface area (Å²) in [5.41, 5.74) is 1.86. The van der Waals surface area contributed by atoms with E-state index in [1.165, 1.54) is 0 Å². The highest BCUT2D eigenvalue weighted by Crippen LogP contribution is 2.38. The normalized spacial score (nSPS) is 18.4. The Balaban J connectivity index is 1.87. The van der Waals surface area contributed by atoms with E-state index in [1.807, 2.05) is 61.9 Å². The van der Waals surface area contributed by atoms with E-state index in [9.17, 15) is 4.79 Å². The van der Waals surface area contributed by atoms with E-state index in [0.29, 0.717) is 21.9 Å². The molecule has 0 aliphatic carbocycles. The van der Waals surface area contributed by atoms with E-state index in [2.05, 4.69) is 5.32 Å². The van der Waals surface area contributed by atoms with Crippen LogP contribution in [0, 0.1) is 0 Å². The summed E-state index contributed by atoms with van der Waals surface area (Å²) >= 11 is 6.11. The van der Waals surface area contributed by atoms with Crippen molar-refractivity contribution in [1.29, 1.82) is 0 Å². The number of nitrogens with zero attached hydrogens (tertiary/aromatic N) is 1. The van der Waals surface area contributed by atoms with Crippen LogP contribution in [0.2, 0.25) is 5.02 Å². The number of halogens is 1. The number of carbonyl (C=O) groups is 1. The van der Waals surface area contributed by atoms with Gasteiger partial charge in [-0.15, -0.1) is 0 Å². The van der Waals surface area contributed by atoms with Gasteiger partial charge in [0.1, 0.15) is 5.75 Å². The molecule has 4 rings (SSSR count). The van der Waals surface area contributed by atoms with Crippen molar-refractivity contribution in [1.82, 2.24) is 9.88 Å². The minimum atomic E-state index is -0.555. The van der Waals surface area contributed by atoms with Crippen molar-refractivity contribution in [3.63, 3.8) is 0 Å². The molecule has 4 nitrogen and oxygen atoms in total. The van der Waals surface area contributed by atoms with Gasteiger partial charge in [0.15, 0.2) is 5.78 Å². The standard InChI is InChI=1S/C22H21ClN2O2/c1-22(2,3)24-13-17-20(26)16-12-15(23)8-9-19(16)27-21(17)25-11-10-14-6-4-5-7-18(14)25/h4-13,21,24H,1-3H3/b17-13+. The third-order valence-corrected chi connectivity index (χ3v) is 4.73. The molecule has 1 aliphatic heterocycles. The molecule has 0 radical (unpaired) electrons. The smallest absolute Gasteiger partial charge is 0.207 e. The van der Waals surface area contributed by atoms with E-state index < -0.39 is 6.23 Å². The fourth-order valence-electron chi connectivity index (χ4n) is 3.18. The van der Waals surface area contributed by atoms with Gasteiger partial charge < -0.3 is 14.6 Å². The van der Waals surface area contributed by atoms with Crippen molar-refractivity contribution >= 4 is 28.3 Å². The monoisotopic (exact) mass is 380 g/mol. The van der Waals surface area contributed by atoms with Crippen LogP contribution in [0.3, 0.4) is 0 Å². The minimum absolute atomic E-state index is 0.0849. The van der Waals surface area contributed by atoms with Crippen LogP contribution in [0.4, 0.5) is 0 Å². The third kappa shape index (κ3) is 3.33. The van der Waals surface area contributed by atoms with Gasteiger partial charge in [-0.2, -0.15) is 0 Å². The van der Waals surface area contributed by atoms with Crippen LogP contribution < -0.4 is 10.1 Å². The van der Waals surface area contributed by atoms with Crippen molar-refractivity contribution in [2.45, 2.75) is 32.5 Å². The SMILES string of the molecule is CC(C)(C)N/C=C1\C(=O)c2cc(Cl)ccc2OC1n1ccc2ccccc21. The Morgan fingerprint density at radius 1 is 1.15 bits per heavy atom. The molecule has 3 aromatic rings. The summed E-state index contributed by atoms with van der Waals surface area (Å²) in [5, 5.41) is 4.91. The molecule has 0 spiro atoms. The van der Waals surface area contributed by atoms with Gasteiger partial charge in [-0.25, -0.2) is 0 Å². The van der Waals surface area contributed by atoms with E-state index in [4.69, 9.17) is 16.3 Å². The fraction of sp³-hybridized carbons (Fsp3) is 0.227. The lowest BCUT2D eigenvalue weighted by atomic mass is 9.98. The number of hydrogen-bond donors (Lipinski definition) is 1. The number of nitrogens with one attached hydrogen (secondary N) is 1. The second-order valence-corrected chi connectivity index (χ2v) is 8.15. The highest BCUT2D eigenvalue weighted by Gasteiger charge is 2.34. The molecule has 0 amide bonds. The van der Waals surface area contributed by atoms with Crippen molar-refractivity contribution in [3.05, 3.63) is 77.1 Å². The molecule has 27 heavy (non-hydrogen) atoms. The maximum atomic E-state index is 13.3. The van der Waals surface area contributed by atoms with Gasteiger partial charge >= 0.3 is 0 Å². The lowest BCUT2D eigenvalue weighted by molar-refractivity contribution is 0.0901. The molecule has 1 unspecified atom stereocenters. The number of aromatic nitrogens is 1. The maximum Gasteiger partial charge on any atom is 0.207 e. The number of fused-ring (bicyclic) bond motifs is 2. The molecule has 0 bridgehead atoms. The number of hydrogen-bond acceptors (Lipinski definition) is 3. The molecule has 2 aromatic carbocycles. The zero-order valence-corrected chi connectivity index (χ0v) is 16.2. The zero-order valence-electron chi connectivity index (χ0n) is 15.5. The summed E-state index contributed by atoms with van der Waals surface area (Å²) in [7, 11) is 0. The number of benzene rings is 2. The zero-order chi connectivity index (χ0) is 19.2. The summed E-state index contributed by atoms with van der Waals surface area (Å²) in [6, 6.07) is 15.2. The molecule has 2 heterocycles. The quantitative estimate of drug-likeness (QED) is 0.610. The van der Waals surface area contributed by atoms with Gasteiger partial charge in [-0.1, -0.05) is 29.8 Å². The number of ether oxygens (including phenoxy) is 1. The molecule has 0 saturated heterocycles. The largest absolute Gasteiger partial charge is 0.465 e. The van der Waals surface area contributed by atoms with Crippen LogP contribution in [-0.2, 0) is 0 Å². The summed E-state index contributed by atoms with van der Waals surface area (Å²) in [6.45, 7) is 6.13. The van der Waals surface area contributed by atoms with Crippen molar-refractivity contribution < 1.29 is 9.53 Å². The Morgan fingerprint density at radius 3 is 2.70 bits per heavy atom.